The van der Waals surface area contributed by atoms with Gasteiger partial charge in [0.05, 0.1) is 12.1 Å². The van der Waals surface area contributed by atoms with E-state index < -0.39 is 0 Å². The van der Waals surface area contributed by atoms with Gasteiger partial charge in [0.2, 0.25) is 12.2 Å². The number of hydrogen-bond acceptors (Lipinski definition) is 4. The van der Waals surface area contributed by atoms with E-state index in [2.05, 4.69) is 15.7 Å². The van der Waals surface area contributed by atoms with Crippen LogP contribution in [0.5, 0.6) is 0 Å². The van der Waals surface area contributed by atoms with E-state index in [9.17, 15) is 9.59 Å². The lowest BCUT2D eigenvalue weighted by molar-refractivity contribution is 0.495. The topological polar surface area (TPSA) is 58.9 Å². The van der Waals surface area contributed by atoms with Crippen LogP contribution in [0.2, 0.25) is 0 Å². The molecule has 2 aliphatic carbocycles. The Morgan fingerprint density at radius 3 is 1.42 bits per heavy atom. The molecule has 2 rings (SSSR count). The molecule has 19 heavy (non-hydrogen) atoms. The molecule has 0 bridgehead atoms. The molecular formula is C15H18N2O2. The van der Waals surface area contributed by atoms with Crippen LogP contribution in [0.25, 0.3) is 0 Å². The lowest BCUT2D eigenvalue weighted by Crippen LogP contribution is -2.12. The maximum absolute atomic E-state index is 10.2. The summed E-state index contributed by atoms with van der Waals surface area (Å²) in [5.74, 6) is 0. The van der Waals surface area contributed by atoms with Crippen LogP contribution in [-0.2, 0) is 9.59 Å². The second kappa shape index (κ2) is 7.01. The number of carbonyl (C=O) groups excluding carboxylic acids is 2. The average molecular weight is 258 g/mol. The minimum absolute atomic E-state index is 0.158. The zero-order valence-electron chi connectivity index (χ0n) is 11.0. The molecule has 0 amide bonds. The van der Waals surface area contributed by atoms with Crippen molar-refractivity contribution in [3.05, 3.63) is 16.9 Å². The van der Waals surface area contributed by atoms with Crippen molar-refractivity contribution in [1.29, 1.82) is 0 Å². The highest BCUT2D eigenvalue weighted by Crippen LogP contribution is 2.28. The fourth-order valence-electron chi connectivity index (χ4n) is 2.81. The molecule has 0 radical (unpaired) electrons. The Balaban J connectivity index is 1.93. The summed E-state index contributed by atoms with van der Waals surface area (Å²) >= 11 is 0. The molecule has 2 fully saturated rings. The van der Waals surface area contributed by atoms with Gasteiger partial charge in [-0.25, -0.2) is 19.6 Å². The van der Waals surface area contributed by atoms with E-state index in [4.69, 9.17) is 0 Å². The van der Waals surface area contributed by atoms with Crippen molar-refractivity contribution in [1.82, 2.24) is 0 Å². The summed E-state index contributed by atoms with van der Waals surface area (Å²) in [7, 11) is 0. The molecule has 4 nitrogen and oxygen atoms in total. The van der Waals surface area contributed by atoms with E-state index in [1.165, 1.54) is 11.1 Å². The first-order valence-corrected chi connectivity index (χ1v) is 6.92. The molecule has 0 saturated heterocycles. The molecule has 0 aromatic rings. The van der Waals surface area contributed by atoms with Crippen LogP contribution in [0.3, 0.4) is 0 Å². The molecule has 0 aromatic heterocycles. The van der Waals surface area contributed by atoms with Crippen LogP contribution in [0.15, 0.2) is 26.9 Å². The molecular weight excluding hydrogens is 240 g/mol. The molecule has 0 aliphatic heterocycles. The Labute approximate surface area is 113 Å². The van der Waals surface area contributed by atoms with Gasteiger partial charge in [-0.15, -0.1) is 5.73 Å². The summed E-state index contributed by atoms with van der Waals surface area (Å²) in [6.07, 6.45) is 11.0. The van der Waals surface area contributed by atoms with Crippen LogP contribution in [0.1, 0.15) is 51.4 Å². The van der Waals surface area contributed by atoms with Gasteiger partial charge in [0.25, 0.3) is 0 Å². The molecule has 100 valence electrons. The van der Waals surface area contributed by atoms with Gasteiger partial charge in [0, 0.05) is 0 Å². The Morgan fingerprint density at radius 2 is 1.11 bits per heavy atom. The van der Waals surface area contributed by atoms with E-state index >= 15 is 0 Å². The lowest BCUT2D eigenvalue weighted by atomic mass is 9.88. The second-order valence-electron chi connectivity index (χ2n) is 5.24. The molecule has 2 saturated carbocycles. The fourth-order valence-corrected chi connectivity index (χ4v) is 2.81. The average Bonchev–Trinajstić information content (AvgIpc) is 2.44. The highest BCUT2D eigenvalue weighted by atomic mass is 16.1. The summed E-state index contributed by atoms with van der Waals surface area (Å²) < 4.78 is 0. The Kier molecular flexibility index (Phi) is 5.06. The molecule has 0 N–H and O–H groups in total. The predicted molar refractivity (Wildman–Crippen MR) is 71.3 cm³/mol. The summed E-state index contributed by atoms with van der Waals surface area (Å²) in [5, 5.41) is 0. The number of hydrogen-bond donors (Lipinski definition) is 0. The smallest absolute Gasteiger partial charge is 0.211 e. The van der Waals surface area contributed by atoms with Crippen molar-refractivity contribution in [2.75, 3.05) is 0 Å². The van der Waals surface area contributed by atoms with E-state index in [0.29, 0.717) is 0 Å². The first kappa shape index (κ1) is 13.7. The molecule has 4 heteroatoms. The van der Waals surface area contributed by atoms with Crippen molar-refractivity contribution in [3.8, 4) is 0 Å². The number of allylic oxidation sites excluding steroid dienone is 1. The van der Waals surface area contributed by atoms with Crippen LogP contribution >= 0.6 is 0 Å². The Bertz CT molecular complexity index is 428. The van der Waals surface area contributed by atoms with Gasteiger partial charge in [-0.1, -0.05) is 0 Å². The summed E-state index contributed by atoms with van der Waals surface area (Å²) in [4.78, 5) is 28.0. The van der Waals surface area contributed by atoms with Gasteiger partial charge in [-0.3, -0.25) is 0 Å². The molecule has 0 heterocycles. The number of isocyanates is 2. The predicted octanol–water partition coefficient (Wildman–Crippen LogP) is 2.99. The standard InChI is InChI=1S/C15H18N2O2/c18-10-16-14-5-1-12(2-6-14)9-13-3-7-15(8-4-13)17-11-19/h14-15H,1-8H2. The molecule has 2 aliphatic rings. The number of aliphatic imine (C=N–C) groups is 2. The molecule has 0 unspecified atom stereocenters. The fraction of sp³-hybridized carbons (Fsp3) is 0.667. The van der Waals surface area contributed by atoms with Crippen molar-refractivity contribution in [2.24, 2.45) is 9.98 Å². The van der Waals surface area contributed by atoms with Gasteiger partial charge in [0.15, 0.2) is 0 Å². The second-order valence-corrected chi connectivity index (χ2v) is 5.24. The zero-order valence-corrected chi connectivity index (χ0v) is 11.0. The zero-order chi connectivity index (χ0) is 13.5. The summed E-state index contributed by atoms with van der Waals surface area (Å²) in [5.41, 5.74) is 6.24. The largest absolute Gasteiger partial charge is 0.235 e. The minimum atomic E-state index is 0.158. The highest BCUT2D eigenvalue weighted by Gasteiger charge is 2.18. The first-order valence-electron chi connectivity index (χ1n) is 6.92. The van der Waals surface area contributed by atoms with E-state index in [1.807, 2.05) is 0 Å². The third-order valence-corrected chi connectivity index (χ3v) is 3.94. The van der Waals surface area contributed by atoms with Crippen molar-refractivity contribution in [2.45, 2.75) is 63.5 Å². The van der Waals surface area contributed by atoms with Crippen LogP contribution in [0.4, 0.5) is 0 Å². The third kappa shape index (κ3) is 4.15. The van der Waals surface area contributed by atoms with E-state index in [-0.39, 0.29) is 12.1 Å². The van der Waals surface area contributed by atoms with Crippen LogP contribution < -0.4 is 0 Å². The van der Waals surface area contributed by atoms with Gasteiger partial charge >= 0.3 is 0 Å². The maximum Gasteiger partial charge on any atom is 0.235 e. The quantitative estimate of drug-likeness (QED) is 0.434. The van der Waals surface area contributed by atoms with Gasteiger partial charge in [0.1, 0.15) is 0 Å². The lowest BCUT2D eigenvalue weighted by Gasteiger charge is -2.20. The summed E-state index contributed by atoms with van der Waals surface area (Å²) in [6, 6.07) is 0.316. The monoisotopic (exact) mass is 258 g/mol. The number of nitrogens with zero attached hydrogens (tertiary/aromatic N) is 2. The molecule has 0 atom stereocenters. The number of rotatable bonds is 2. The minimum Gasteiger partial charge on any atom is -0.211 e. The van der Waals surface area contributed by atoms with Crippen molar-refractivity contribution in [3.63, 3.8) is 0 Å². The van der Waals surface area contributed by atoms with Gasteiger partial charge in [-0.2, -0.15) is 0 Å². The van der Waals surface area contributed by atoms with Crippen molar-refractivity contribution < 1.29 is 9.59 Å². The van der Waals surface area contributed by atoms with E-state index in [0.717, 1.165) is 51.4 Å². The Hall–Kier alpha value is -1.72. The highest BCUT2D eigenvalue weighted by molar-refractivity contribution is 5.34. The normalized spacial score (nSPS) is 26.9. The maximum atomic E-state index is 10.2. The molecule has 0 spiro atoms. The summed E-state index contributed by atoms with van der Waals surface area (Å²) in [6.45, 7) is 0. The first-order chi connectivity index (χ1) is 9.31. The van der Waals surface area contributed by atoms with Crippen LogP contribution in [-0.4, -0.2) is 24.2 Å². The van der Waals surface area contributed by atoms with Gasteiger partial charge < -0.3 is 0 Å². The SMILES string of the molecule is O=C=NC1CCC(=C=C2CCC(N=C=O)CC2)CC1. The van der Waals surface area contributed by atoms with E-state index in [1.54, 1.807) is 12.2 Å². The Morgan fingerprint density at radius 1 is 0.737 bits per heavy atom. The van der Waals surface area contributed by atoms with Gasteiger partial charge in [-0.05, 0) is 62.5 Å². The van der Waals surface area contributed by atoms with Crippen LogP contribution in [0, 0.1) is 0 Å². The molecule has 0 aromatic carbocycles. The third-order valence-electron chi connectivity index (χ3n) is 3.94. The van der Waals surface area contributed by atoms with Crippen molar-refractivity contribution >= 4 is 12.2 Å².